The number of urea groups is 1. The molecule has 0 aliphatic carbocycles. The summed E-state index contributed by atoms with van der Waals surface area (Å²) in [5.41, 5.74) is 3.28. The van der Waals surface area contributed by atoms with Gasteiger partial charge in [-0.05, 0) is 42.8 Å². The summed E-state index contributed by atoms with van der Waals surface area (Å²) in [6.45, 7) is 9.37. The number of rotatable bonds is 12. The molecule has 0 aliphatic rings. The van der Waals surface area contributed by atoms with Crippen LogP contribution >= 0.6 is 11.3 Å². The van der Waals surface area contributed by atoms with Crippen molar-refractivity contribution in [2.24, 2.45) is 0 Å². The molecule has 13 nitrogen and oxygen atoms in total. The highest BCUT2D eigenvalue weighted by molar-refractivity contribution is 7.10. The van der Waals surface area contributed by atoms with Crippen LogP contribution < -0.4 is 26.0 Å². The number of carbonyl (C=O) groups is 2. The van der Waals surface area contributed by atoms with Crippen LogP contribution in [0.1, 0.15) is 47.4 Å². The SMILES string of the molecule is COCCNC(=O)c1cnc(Nc2cc(COc3ccc(NC(=O)Nc4cc(C(C)(C)C)nn4-c4csc(C)c4)c4ccccc34)ccn2)cn1. The molecule has 0 saturated heterocycles. The fraction of sp³-hybridized carbons (Fsp3) is 0.243. The van der Waals surface area contributed by atoms with Crippen molar-refractivity contribution in [3.8, 4) is 11.4 Å². The number of benzene rings is 2. The molecular formula is C37H39N9O4S. The number of pyridine rings is 1. The molecule has 0 saturated carbocycles. The number of carbonyl (C=O) groups excluding carboxylic acids is 2. The minimum Gasteiger partial charge on any atom is -0.488 e. The van der Waals surface area contributed by atoms with Gasteiger partial charge in [-0.25, -0.2) is 24.4 Å². The lowest BCUT2D eigenvalue weighted by molar-refractivity contribution is 0.0931. The topological polar surface area (TPSA) is 157 Å². The van der Waals surface area contributed by atoms with Crippen LogP contribution in [0.15, 0.2) is 84.6 Å². The van der Waals surface area contributed by atoms with Gasteiger partial charge in [0.2, 0.25) is 0 Å². The number of amides is 3. The maximum absolute atomic E-state index is 13.4. The Bertz CT molecular complexity index is 2160. The number of nitrogens with zero attached hydrogens (tertiary/aromatic N) is 5. The van der Waals surface area contributed by atoms with Crippen LogP contribution in [0.25, 0.3) is 16.5 Å². The zero-order valence-electron chi connectivity index (χ0n) is 29.0. The molecule has 0 bridgehead atoms. The first-order valence-corrected chi connectivity index (χ1v) is 17.1. The Kier molecular flexibility index (Phi) is 10.5. The smallest absolute Gasteiger partial charge is 0.324 e. The molecule has 4 aromatic heterocycles. The molecular weight excluding hydrogens is 667 g/mol. The van der Waals surface area contributed by atoms with E-state index in [9.17, 15) is 9.59 Å². The fourth-order valence-corrected chi connectivity index (χ4v) is 5.81. The molecule has 0 aliphatic heterocycles. The van der Waals surface area contributed by atoms with Gasteiger partial charge in [-0.15, -0.1) is 11.3 Å². The summed E-state index contributed by atoms with van der Waals surface area (Å²) >= 11 is 1.63. The maximum atomic E-state index is 13.4. The number of anilines is 4. The van der Waals surface area contributed by atoms with E-state index in [1.165, 1.54) is 12.4 Å². The average molecular weight is 706 g/mol. The van der Waals surface area contributed by atoms with Gasteiger partial charge in [-0.3, -0.25) is 10.1 Å². The highest BCUT2D eigenvalue weighted by Gasteiger charge is 2.22. The van der Waals surface area contributed by atoms with E-state index in [-0.39, 0.29) is 29.7 Å². The average Bonchev–Trinajstić information content (AvgIpc) is 3.74. The highest BCUT2D eigenvalue weighted by atomic mass is 32.1. The molecule has 3 amide bonds. The van der Waals surface area contributed by atoms with Gasteiger partial charge >= 0.3 is 6.03 Å². The Hall–Kier alpha value is -5.86. The van der Waals surface area contributed by atoms with Crippen molar-refractivity contribution in [3.63, 3.8) is 0 Å². The highest BCUT2D eigenvalue weighted by Crippen LogP contribution is 2.33. The second-order valence-corrected chi connectivity index (χ2v) is 13.8. The van der Waals surface area contributed by atoms with Crippen LogP contribution in [0.2, 0.25) is 0 Å². The molecule has 4 N–H and O–H groups in total. The Labute approximate surface area is 299 Å². The molecule has 6 rings (SSSR count). The first-order chi connectivity index (χ1) is 24.6. The lowest BCUT2D eigenvalue weighted by Crippen LogP contribution is -2.27. The summed E-state index contributed by atoms with van der Waals surface area (Å²) in [6.07, 6.45) is 4.54. The molecule has 51 heavy (non-hydrogen) atoms. The Morgan fingerprint density at radius 1 is 0.922 bits per heavy atom. The van der Waals surface area contributed by atoms with Gasteiger partial charge < -0.3 is 25.4 Å². The minimum absolute atomic E-state index is 0.199. The second-order valence-electron chi connectivity index (χ2n) is 12.7. The lowest BCUT2D eigenvalue weighted by Gasteiger charge is -2.14. The lowest BCUT2D eigenvalue weighted by atomic mass is 9.92. The predicted molar refractivity (Wildman–Crippen MR) is 200 cm³/mol. The first-order valence-electron chi connectivity index (χ1n) is 16.3. The van der Waals surface area contributed by atoms with E-state index in [2.05, 4.69) is 57.0 Å². The van der Waals surface area contributed by atoms with E-state index in [1.54, 1.807) is 29.3 Å². The number of nitrogens with one attached hydrogen (secondary N) is 4. The number of hydrogen-bond acceptors (Lipinski definition) is 10. The summed E-state index contributed by atoms with van der Waals surface area (Å²) in [4.78, 5) is 39.6. The van der Waals surface area contributed by atoms with Crippen LogP contribution in [-0.4, -0.2) is 56.9 Å². The summed E-state index contributed by atoms with van der Waals surface area (Å²) < 4.78 is 13.0. The number of hydrogen-bond donors (Lipinski definition) is 4. The van der Waals surface area contributed by atoms with Crippen LogP contribution in [0.5, 0.6) is 5.75 Å². The number of methoxy groups -OCH3 is 1. The van der Waals surface area contributed by atoms with Gasteiger partial charge in [-0.2, -0.15) is 5.10 Å². The molecule has 6 aromatic rings. The molecule has 0 atom stereocenters. The normalized spacial score (nSPS) is 11.3. The number of aryl methyl sites for hydroxylation is 1. The van der Waals surface area contributed by atoms with Crippen molar-refractivity contribution in [3.05, 3.63) is 106 Å². The third-order valence-electron chi connectivity index (χ3n) is 7.76. The number of aromatic nitrogens is 5. The summed E-state index contributed by atoms with van der Waals surface area (Å²) in [5, 5.41) is 20.4. The van der Waals surface area contributed by atoms with E-state index in [4.69, 9.17) is 14.6 Å². The van der Waals surface area contributed by atoms with Crippen LogP contribution in [0.4, 0.5) is 27.9 Å². The van der Waals surface area contributed by atoms with E-state index < -0.39 is 0 Å². The van der Waals surface area contributed by atoms with Gasteiger partial charge in [0, 0.05) is 52.4 Å². The van der Waals surface area contributed by atoms with Gasteiger partial charge in [-0.1, -0.05) is 45.0 Å². The van der Waals surface area contributed by atoms with Gasteiger partial charge in [0.05, 0.1) is 36.1 Å². The molecule has 0 spiro atoms. The third-order valence-corrected chi connectivity index (χ3v) is 8.61. The second kappa shape index (κ2) is 15.4. The summed E-state index contributed by atoms with van der Waals surface area (Å²) in [6, 6.07) is 18.7. The largest absolute Gasteiger partial charge is 0.488 e. The van der Waals surface area contributed by atoms with Gasteiger partial charge in [0.25, 0.3) is 5.91 Å². The Balaban J connectivity index is 1.12. The number of fused-ring (bicyclic) bond motifs is 1. The Morgan fingerprint density at radius 2 is 1.75 bits per heavy atom. The molecule has 14 heteroatoms. The summed E-state index contributed by atoms with van der Waals surface area (Å²) in [5.74, 6) is 1.89. The van der Waals surface area contributed by atoms with E-state index in [1.807, 2.05) is 73.0 Å². The third kappa shape index (κ3) is 8.66. The van der Waals surface area contributed by atoms with Crippen molar-refractivity contribution in [1.29, 1.82) is 0 Å². The van der Waals surface area contributed by atoms with E-state index >= 15 is 0 Å². The van der Waals surface area contributed by atoms with Crippen molar-refractivity contribution < 1.29 is 19.1 Å². The monoisotopic (exact) mass is 705 g/mol. The quantitative estimate of drug-likeness (QED) is 0.0965. The molecule has 4 heterocycles. The first kappa shape index (κ1) is 35.0. The van der Waals surface area contributed by atoms with Crippen molar-refractivity contribution in [2.75, 3.05) is 36.2 Å². The zero-order valence-corrected chi connectivity index (χ0v) is 29.8. The number of ether oxygens (including phenoxy) is 2. The molecule has 2 aromatic carbocycles. The van der Waals surface area contributed by atoms with E-state index in [0.717, 1.165) is 32.6 Å². The van der Waals surface area contributed by atoms with Gasteiger partial charge in [0.15, 0.2) is 0 Å². The standard InChI is InChI=1S/C37H39N9O4S/c1-23-16-25(22-51-23)46-34(18-31(45-46)37(2,3)4)44-36(48)42-28-10-11-30(27-9-7-6-8-26(27)28)50-21-24-12-13-38-32(17-24)43-33-20-40-29(19-41-33)35(47)39-14-15-49-5/h6-13,16-20,22H,14-15,21H2,1-5H3,(H,39,47)(H,38,41,43)(H2,42,44,48). The van der Waals surface area contributed by atoms with Crippen molar-refractivity contribution in [2.45, 2.75) is 39.7 Å². The molecule has 0 fully saturated rings. The fourth-order valence-electron chi connectivity index (χ4n) is 5.14. The molecule has 0 radical (unpaired) electrons. The van der Waals surface area contributed by atoms with Gasteiger partial charge in [0.1, 0.15) is 35.5 Å². The van der Waals surface area contributed by atoms with Crippen molar-refractivity contribution >= 4 is 57.2 Å². The summed E-state index contributed by atoms with van der Waals surface area (Å²) in [7, 11) is 1.57. The number of thiophene rings is 1. The predicted octanol–water partition coefficient (Wildman–Crippen LogP) is 7.22. The zero-order chi connectivity index (χ0) is 36.0. The Morgan fingerprint density at radius 3 is 2.47 bits per heavy atom. The maximum Gasteiger partial charge on any atom is 0.324 e. The van der Waals surface area contributed by atoms with Crippen LogP contribution in [-0.2, 0) is 16.8 Å². The molecule has 0 unspecified atom stereocenters. The van der Waals surface area contributed by atoms with Crippen LogP contribution in [0, 0.1) is 6.92 Å². The molecule has 262 valence electrons. The van der Waals surface area contributed by atoms with Crippen LogP contribution in [0.3, 0.4) is 0 Å². The van der Waals surface area contributed by atoms with E-state index in [0.29, 0.717) is 42.0 Å². The van der Waals surface area contributed by atoms with Crippen molar-refractivity contribution in [1.82, 2.24) is 30.0 Å². The minimum atomic E-state index is -0.385.